The molecule has 0 spiro atoms. The summed E-state index contributed by atoms with van der Waals surface area (Å²) in [5, 5.41) is 10.1. The highest BCUT2D eigenvalue weighted by molar-refractivity contribution is 7.99. The summed E-state index contributed by atoms with van der Waals surface area (Å²) in [5.74, 6) is 1.85. The van der Waals surface area contributed by atoms with Crippen LogP contribution in [0.5, 0.6) is 11.6 Å². The molecule has 0 bridgehead atoms. The molecule has 7 heteroatoms. The Bertz CT molecular complexity index is 816. The summed E-state index contributed by atoms with van der Waals surface area (Å²) >= 11 is 1.58. The average Bonchev–Trinajstić information content (AvgIpc) is 2.65. The lowest BCUT2D eigenvalue weighted by Gasteiger charge is -2.11. The fourth-order valence-corrected chi connectivity index (χ4v) is 2.66. The van der Waals surface area contributed by atoms with Crippen molar-refractivity contribution in [2.75, 3.05) is 19.3 Å². The molecule has 26 heavy (non-hydrogen) atoms. The minimum Gasteiger partial charge on any atom is -0.437 e. The first-order valence-corrected chi connectivity index (χ1v) is 9.48. The number of hydrogen-bond donors (Lipinski definition) is 0. The molecule has 136 valence electrons. The van der Waals surface area contributed by atoms with Gasteiger partial charge in [0.05, 0.1) is 17.6 Å². The molecule has 0 radical (unpaired) electrons. The number of benzene rings is 1. The lowest BCUT2D eigenvalue weighted by molar-refractivity contribution is 0.454. The number of ether oxygens (including phenoxy) is 1. The van der Waals surface area contributed by atoms with Crippen LogP contribution < -0.4 is 4.74 Å². The van der Waals surface area contributed by atoms with E-state index in [9.17, 15) is 5.26 Å². The Labute approximate surface area is 158 Å². The summed E-state index contributed by atoms with van der Waals surface area (Å²) in [7, 11) is 1.95. The first kappa shape index (κ1) is 19.7. The molecule has 1 heterocycles. The van der Waals surface area contributed by atoms with Crippen LogP contribution in [0.4, 0.5) is 5.69 Å². The van der Waals surface area contributed by atoms with E-state index in [1.807, 2.05) is 31.9 Å². The molecule has 0 saturated carbocycles. The van der Waals surface area contributed by atoms with Gasteiger partial charge in [0.1, 0.15) is 11.8 Å². The van der Waals surface area contributed by atoms with Gasteiger partial charge < -0.3 is 9.64 Å². The van der Waals surface area contributed by atoms with Gasteiger partial charge in [0.25, 0.3) is 0 Å². The zero-order valence-corrected chi connectivity index (χ0v) is 16.4. The highest BCUT2D eigenvalue weighted by atomic mass is 32.2. The smallest absolute Gasteiger partial charge is 0.223 e. The molecule has 0 aliphatic heterocycles. The number of nitrogens with zero attached hydrogens (tertiary/aromatic N) is 5. The van der Waals surface area contributed by atoms with Crippen molar-refractivity contribution < 1.29 is 4.74 Å². The Morgan fingerprint density at radius 3 is 2.88 bits per heavy atom. The van der Waals surface area contributed by atoms with Crippen LogP contribution in [0, 0.1) is 18.3 Å². The minimum absolute atomic E-state index is 0.420. The summed E-state index contributed by atoms with van der Waals surface area (Å²) in [6.07, 6.45) is 4.47. The zero-order chi connectivity index (χ0) is 18.9. The van der Waals surface area contributed by atoms with Crippen molar-refractivity contribution in [3.63, 3.8) is 0 Å². The molecule has 6 nitrogen and oxygen atoms in total. The van der Waals surface area contributed by atoms with Crippen molar-refractivity contribution in [2.45, 2.75) is 32.3 Å². The molecular weight excluding hydrogens is 346 g/mol. The molecule has 1 aromatic heterocycles. The maximum absolute atomic E-state index is 9.48. The minimum atomic E-state index is 0.420. The SMILES string of the molecule is CCCSc1nccc(Oc2cc(C)c(N=CN(C)CC)cc2C#N)n1. The van der Waals surface area contributed by atoms with Crippen molar-refractivity contribution in [2.24, 2.45) is 4.99 Å². The Balaban J connectivity index is 2.26. The molecule has 0 atom stereocenters. The van der Waals surface area contributed by atoms with Crippen LogP contribution in [0.1, 0.15) is 31.4 Å². The number of thioether (sulfide) groups is 1. The van der Waals surface area contributed by atoms with Gasteiger partial charge >= 0.3 is 0 Å². The predicted molar refractivity (Wildman–Crippen MR) is 105 cm³/mol. The summed E-state index contributed by atoms with van der Waals surface area (Å²) in [5.41, 5.74) is 2.09. The van der Waals surface area contributed by atoms with E-state index in [2.05, 4.69) is 28.0 Å². The predicted octanol–water partition coefficient (Wildman–Crippen LogP) is 4.56. The summed E-state index contributed by atoms with van der Waals surface area (Å²) < 4.78 is 5.85. The molecule has 0 aliphatic carbocycles. The van der Waals surface area contributed by atoms with Gasteiger partial charge in [-0.25, -0.2) is 9.98 Å². The number of aromatic nitrogens is 2. The van der Waals surface area contributed by atoms with E-state index >= 15 is 0 Å². The average molecular weight is 369 g/mol. The van der Waals surface area contributed by atoms with E-state index in [1.54, 1.807) is 36.4 Å². The van der Waals surface area contributed by atoms with Crippen LogP contribution >= 0.6 is 11.8 Å². The number of aryl methyl sites for hydroxylation is 1. The van der Waals surface area contributed by atoms with Gasteiger partial charge in [-0.15, -0.1) is 0 Å². The first-order chi connectivity index (χ1) is 12.6. The maximum atomic E-state index is 9.48. The number of aliphatic imine (C=N–C) groups is 1. The van der Waals surface area contributed by atoms with Crippen LogP contribution in [0.3, 0.4) is 0 Å². The van der Waals surface area contributed by atoms with Crippen molar-refractivity contribution in [3.05, 3.63) is 35.5 Å². The van der Waals surface area contributed by atoms with Gasteiger partial charge in [-0.1, -0.05) is 18.7 Å². The van der Waals surface area contributed by atoms with Crippen molar-refractivity contribution in [1.29, 1.82) is 5.26 Å². The standard InChI is InChI=1S/C19H23N5OS/c1-5-9-26-19-21-8-7-18(23-19)25-17-10-14(3)16(11-15(17)12-20)22-13-24(4)6-2/h7-8,10-11,13H,5-6,9H2,1-4H3. The number of nitriles is 1. The van der Waals surface area contributed by atoms with Gasteiger partial charge in [0, 0.05) is 31.6 Å². The molecule has 0 fully saturated rings. The third-order valence-corrected chi connectivity index (χ3v) is 4.64. The third-order valence-electron chi connectivity index (χ3n) is 3.57. The van der Waals surface area contributed by atoms with Crippen LogP contribution in [0.25, 0.3) is 0 Å². The molecule has 0 N–H and O–H groups in total. The van der Waals surface area contributed by atoms with E-state index < -0.39 is 0 Å². The fourth-order valence-electron chi connectivity index (χ4n) is 1.98. The lowest BCUT2D eigenvalue weighted by Crippen LogP contribution is -2.14. The topological polar surface area (TPSA) is 74.4 Å². The second-order valence-corrected chi connectivity index (χ2v) is 6.75. The summed E-state index contributed by atoms with van der Waals surface area (Å²) in [6.45, 7) is 6.96. The second kappa shape index (κ2) is 9.78. The number of rotatable bonds is 8. The largest absolute Gasteiger partial charge is 0.437 e. The summed E-state index contributed by atoms with van der Waals surface area (Å²) in [6, 6.07) is 7.41. The summed E-state index contributed by atoms with van der Waals surface area (Å²) in [4.78, 5) is 15.0. The van der Waals surface area contributed by atoms with Crippen molar-refractivity contribution >= 4 is 23.8 Å². The Kier molecular flexibility index (Phi) is 7.42. The Morgan fingerprint density at radius 1 is 1.38 bits per heavy atom. The highest BCUT2D eigenvalue weighted by Gasteiger charge is 2.11. The first-order valence-electron chi connectivity index (χ1n) is 8.50. The van der Waals surface area contributed by atoms with Gasteiger partial charge in [0.15, 0.2) is 5.16 Å². The van der Waals surface area contributed by atoms with Gasteiger partial charge in [-0.05, 0) is 38.0 Å². The Morgan fingerprint density at radius 2 is 2.19 bits per heavy atom. The molecule has 0 unspecified atom stereocenters. The quantitative estimate of drug-likeness (QED) is 0.294. The highest BCUT2D eigenvalue weighted by Crippen LogP contribution is 2.31. The molecule has 2 aromatic rings. The Hall–Kier alpha value is -2.59. The van der Waals surface area contributed by atoms with E-state index in [1.165, 1.54) is 0 Å². The van der Waals surface area contributed by atoms with Gasteiger partial charge in [-0.3, -0.25) is 0 Å². The van der Waals surface area contributed by atoms with E-state index in [4.69, 9.17) is 4.74 Å². The molecule has 1 aromatic carbocycles. The second-order valence-electron chi connectivity index (χ2n) is 5.69. The molecule has 0 amide bonds. The lowest BCUT2D eigenvalue weighted by atomic mass is 10.1. The molecular formula is C19H23N5OS. The monoisotopic (exact) mass is 369 g/mol. The molecule has 0 saturated heterocycles. The van der Waals surface area contributed by atoms with Crippen LogP contribution in [0.15, 0.2) is 34.5 Å². The van der Waals surface area contributed by atoms with Crippen molar-refractivity contribution in [3.8, 4) is 17.7 Å². The van der Waals surface area contributed by atoms with Gasteiger partial charge in [0.2, 0.25) is 5.88 Å². The fraction of sp³-hybridized carbons (Fsp3) is 0.368. The molecule has 2 rings (SSSR count). The van der Waals surface area contributed by atoms with E-state index in [0.29, 0.717) is 22.3 Å². The van der Waals surface area contributed by atoms with Crippen molar-refractivity contribution in [1.82, 2.24) is 14.9 Å². The van der Waals surface area contributed by atoms with Gasteiger partial charge in [-0.2, -0.15) is 10.2 Å². The normalized spacial score (nSPS) is 10.7. The van der Waals surface area contributed by atoms with E-state index in [-0.39, 0.29) is 0 Å². The zero-order valence-electron chi connectivity index (χ0n) is 15.6. The number of hydrogen-bond acceptors (Lipinski definition) is 6. The van der Waals surface area contributed by atoms with Crippen LogP contribution in [-0.4, -0.2) is 40.6 Å². The third kappa shape index (κ3) is 5.46. The maximum Gasteiger partial charge on any atom is 0.223 e. The van der Waals surface area contributed by atoms with E-state index in [0.717, 1.165) is 30.0 Å². The van der Waals surface area contributed by atoms with Crippen LogP contribution in [0.2, 0.25) is 0 Å². The molecule has 0 aliphatic rings. The van der Waals surface area contributed by atoms with Crippen LogP contribution in [-0.2, 0) is 0 Å².